The largest absolute Gasteiger partial charge is 0.366 e. The molecule has 7 heteroatoms. The van der Waals surface area contributed by atoms with Gasteiger partial charge in [0.1, 0.15) is 11.4 Å². The molecule has 5 rings (SSSR count). The minimum absolute atomic E-state index is 0.0562. The van der Waals surface area contributed by atoms with Crippen LogP contribution in [0.3, 0.4) is 0 Å². The number of fused-ring (bicyclic) bond motifs is 1. The maximum Gasteiger partial charge on any atom is 0.268 e. The number of hydrogen-bond acceptors (Lipinski definition) is 4. The third-order valence-corrected chi connectivity index (χ3v) is 6.92. The third kappa shape index (κ3) is 4.27. The first-order chi connectivity index (χ1) is 16.7. The van der Waals surface area contributed by atoms with Gasteiger partial charge in [-0.3, -0.25) is 19.0 Å². The van der Waals surface area contributed by atoms with Gasteiger partial charge in [-0.2, -0.15) is 0 Å². The van der Waals surface area contributed by atoms with E-state index < -0.39 is 5.56 Å². The Hall–Kier alpha value is -3.74. The monoisotopic (exact) mass is 473 g/mol. The molecule has 3 aromatic rings. The van der Waals surface area contributed by atoms with Gasteiger partial charge in [0.25, 0.3) is 11.5 Å². The van der Waals surface area contributed by atoms with Crippen molar-refractivity contribution < 1.29 is 14.0 Å². The Morgan fingerprint density at radius 1 is 0.886 bits per heavy atom. The summed E-state index contributed by atoms with van der Waals surface area (Å²) in [6.07, 6.45) is 2.44. The number of amides is 1. The SMILES string of the molecule is CC1(C)CC(=O)c2cn(-c3ccccc3)c(=O)c(C(=O)N3CCN(c4ccccc4F)CC3)c2C1. The molecule has 0 N–H and O–H groups in total. The number of anilines is 1. The predicted octanol–water partition coefficient (Wildman–Crippen LogP) is 4.09. The summed E-state index contributed by atoms with van der Waals surface area (Å²) >= 11 is 0. The second-order valence-corrected chi connectivity index (χ2v) is 10.1. The van der Waals surface area contributed by atoms with Crippen LogP contribution in [0.2, 0.25) is 0 Å². The van der Waals surface area contributed by atoms with Crippen LogP contribution < -0.4 is 10.5 Å². The van der Waals surface area contributed by atoms with Gasteiger partial charge in [0.05, 0.1) is 5.69 Å². The molecule has 0 unspecified atom stereocenters. The number of hydrogen-bond donors (Lipinski definition) is 0. The molecule has 1 saturated heterocycles. The number of piperazine rings is 1. The molecule has 2 heterocycles. The molecule has 1 amide bonds. The molecule has 1 aromatic heterocycles. The predicted molar refractivity (Wildman–Crippen MR) is 133 cm³/mol. The van der Waals surface area contributed by atoms with Gasteiger partial charge in [-0.25, -0.2) is 4.39 Å². The minimum Gasteiger partial charge on any atom is -0.366 e. The second kappa shape index (κ2) is 8.80. The number of Topliss-reactive ketones (excluding diaryl/α,β-unsaturated/α-hetero) is 1. The molecule has 0 spiro atoms. The lowest BCUT2D eigenvalue weighted by molar-refractivity contribution is 0.0742. The van der Waals surface area contributed by atoms with Crippen LogP contribution in [0.4, 0.5) is 10.1 Å². The number of carbonyl (C=O) groups is 2. The highest BCUT2D eigenvalue weighted by atomic mass is 19.1. The molecule has 2 aliphatic rings. The van der Waals surface area contributed by atoms with Crippen LogP contribution in [0.15, 0.2) is 65.6 Å². The van der Waals surface area contributed by atoms with Gasteiger partial charge in [0.15, 0.2) is 5.78 Å². The lowest BCUT2D eigenvalue weighted by Crippen LogP contribution is -2.50. The summed E-state index contributed by atoms with van der Waals surface area (Å²) in [6, 6.07) is 15.6. The molecule has 0 saturated carbocycles. The molecule has 180 valence electrons. The molecule has 1 aliphatic carbocycles. The number of carbonyl (C=O) groups excluding carboxylic acids is 2. The van der Waals surface area contributed by atoms with Gasteiger partial charge >= 0.3 is 0 Å². The van der Waals surface area contributed by atoms with Crippen molar-refractivity contribution in [2.24, 2.45) is 5.41 Å². The smallest absolute Gasteiger partial charge is 0.268 e. The lowest BCUT2D eigenvalue weighted by Gasteiger charge is -2.37. The molecule has 0 radical (unpaired) electrons. The lowest BCUT2D eigenvalue weighted by atomic mass is 9.73. The van der Waals surface area contributed by atoms with E-state index in [1.54, 1.807) is 41.4 Å². The quantitative estimate of drug-likeness (QED) is 0.575. The summed E-state index contributed by atoms with van der Waals surface area (Å²) in [7, 11) is 0. The zero-order chi connectivity index (χ0) is 24.7. The van der Waals surface area contributed by atoms with Crippen LogP contribution in [0.25, 0.3) is 5.69 Å². The first kappa shape index (κ1) is 23.0. The van der Waals surface area contributed by atoms with Gasteiger partial charge in [0, 0.05) is 50.0 Å². The first-order valence-corrected chi connectivity index (χ1v) is 11.9. The molecule has 35 heavy (non-hydrogen) atoms. The van der Waals surface area contributed by atoms with Gasteiger partial charge in [-0.1, -0.05) is 44.2 Å². The van der Waals surface area contributed by atoms with Gasteiger partial charge in [-0.15, -0.1) is 0 Å². The van der Waals surface area contributed by atoms with E-state index in [1.807, 2.05) is 36.9 Å². The fourth-order valence-corrected chi connectivity index (χ4v) is 5.16. The number of benzene rings is 2. The topological polar surface area (TPSA) is 62.6 Å². The fourth-order valence-electron chi connectivity index (χ4n) is 5.16. The summed E-state index contributed by atoms with van der Waals surface area (Å²) in [5.41, 5.74) is 1.43. The summed E-state index contributed by atoms with van der Waals surface area (Å²) in [5, 5.41) is 0. The summed E-state index contributed by atoms with van der Waals surface area (Å²) in [6.45, 7) is 5.60. The van der Waals surface area contributed by atoms with Crippen LogP contribution >= 0.6 is 0 Å². The highest BCUT2D eigenvalue weighted by Crippen LogP contribution is 2.36. The van der Waals surface area contributed by atoms with E-state index in [1.165, 1.54) is 10.6 Å². The van der Waals surface area contributed by atoms with Crippen LogP contribution in [0, 0.1) is 11.2 Å². The Balaban J connectivity index is 1.53. The van der Waals surface area contributed by atoms with Crippen molar-refractivity contribution in [2.45, 2.75) is 26.7 Å². The average molecular weight is 474 g/mol. The molecule has 1 aliphatic heterocycles. The van der Waals surface area contributed by atoms with Gasteiger partial charge in [-0.05, 0) is 41.7 Å². The number of ketones is 1. The molecular formula is C28H28FN3O3. The molecular weight excluding hydrogens is 445 g/mol. The fraction of sp³-hybridized carbons (Fsp3) is 0.321. The summed E-state index contributed by atoms with van der Waals surface area (Å²) in [5.74, 6) is -0.717. The van der Waals surface area contributed by atoms with E-state index >= 15 is 0 Å². The number of aromatic nitrogens is 1. The van der Waals surface area contributed by atoms with Crippen molar-refractivity contribution in [2.75, 3.05) is 31.1 Å². The molecule has 0 bridgehead atoms. The van der Waals surface area contributed by atoms with E-state index in [0.717, 1.165) is 0 Å². The first-order valence-electron chi connectivity index (χ1n) is 11.9. The van der Waals surface area contributed by atoms with Crippen molar-refractivity contribution in [1.29, 1.82) is 0 Å². The number of rotatable bonds is 3. The average Bonchev–Trinajstić information content (AvgIpc) is 2.84. The summed E-state index contributed by atoms with van der Waals surface area (Å²) < 4.78 is 15.7. The van der Waals surface area contributed by atoms with E-state index in [4.69, 9.17) is 0 Å². The number of halogens is 1. The number of nitrogens with zero attached hydrogens (tertiary/aromatic N) is 3. The van der Waals surface area contributed by atoms with E-state index in [-0.39, 0.29) is 28.5 Å². The summed E-state index contributed by atoms with van der Waals surface area (Å²) in [4.78, 5) is 44.2. The maximum absolute atomic E-state index is 14.3. The van der Waals surface area contributed by atoms with Crippen molar-refractivity contribution in [3.05, 3.63) is 93.7 Å². The standard InChI is InChI=1S/C28H28FN3O3/c1-28(2)16-20-21(24(33)17-28)18-32(19-8-4-3-5-9-19)27(35)25(20)26(34)31-14-12-30(13-15-31)23-11-7-6-10-22(23)29/h3-11,18H,12-17H2,1-2H3. The van der Waals surface area contributed by atoms with E-state index in [9.17, 15) is 18.8 Å². The molecule has 0 atom stereocenters. The molecule has 2 aromatic carbocycles. The van der Waals surface area contributed by atoms with E-state index in [0.29, 0.717) is 61.5 Å². The van der Waals surface area contributed by atoms with Gasteiger partial charge < -0.3 is 9.80 Å². The Kier molecular flexibility index (Phi) is 5.79. The maximum atomic E-state index is 14.3. The third-order valence-electron chi connectivity index (χ3n) is 6.92. The van der Waals surface area contributed by atoms with Crippen molar-refractivity contribution in [1.82, 2.24) is 9.47 Å². The Morgan fingerprint density at radius 2 is 1.54 bits per heavy atom. The van der Waals surface area contributed by atoms with Crippen molar-refractivity contribution in [3.8, 4) is 5.69 Å². The Bertz CT molecular complexity index is 1360. The zero-order valence-corrected chi connectivity index (χ0v) is 20.0. The van der Waals surface area contributed by atoms with Crippen LogP contribution in [0.1, 0.15) is 46.5 Å². The van der Waals surface area contributed by atoms with Crippen molar-refractivity contribution in [3.63, 3.8) is 0 Å². The van der Waals surface area contributed by atoms with Crippen LogP contribution in [-0.2, 0) is 6.42 Å². The van der Waals surface area contributed by atoms with Crippen LogP contribution in [0.5, 0.6) is 0 Å². The highest BCUT2D eigenvalue weighted by Gasteiger charge is 2.37. The number of para-hydroxylation sites is 2. The Morgan fingerprint density at radius 3 is 2.23 bits per heavy atom. The highest BCUT2D eigenvalue weighted by molar-refractivity contribution is 6.04. The zero-order valence-electron chi connectivity index (χ0n) is 20.0. The van der Waals surface area contributed by atoms with Crippen LogP contribution in [-0.4, -0.2) is 47.3 Å². The molecule has 1 fully saturated rings. The van der Waals surface area contributed by atoms with Crippen molar-refractivity contribution >= 4 is 17.4 Å². The normalized spacial score (nSPS) is 17.3. The number of pyridine rings is 1. The van der Waals surface area contributed by atoms with Gasteiger partial charge in [0.2, 0.25) is 0 Å². The van der Waals surface area contributed by atoms with E-state index in [2.05, 4.69) is 0 Å². The second-order valence-electron chi connectivity index (χ2n) is 10.1. The Labute approximate surface area is 203 Å². The minimum atomic E-state index is -0.415. The molecule has 6 nitrogen and oxygen atoms in total.